The molecule has 0 aliphatic heterocycles. The topological polar surface area (TPSA) is 87.7 Å². The minimum atomic E-state index is -1.20. The molecule has 0 atom stereocenters. The fourth-order valence-electron chi connectivity index (χ4n) is 1.01. The van der Waals surface area contributed by atoms with E-state index in [9.17, 15) is 9.59 Å². The van der Waals surface area contributed by atoms with Crippen LogP contribution in [0.1, 0.15) is 5.56 Å². The van der Waals surface area contributed by atoms with Crippen LogP contribution in [0.15, 0.2) is 24.3 Å². The summed E-state index contributed by atoms with van der Waals surface area (Å²) in [5, 5.41) is 10.9. The van der Waals surface area contributed by atoms with Gasteiger partial charge in [-0.3, -0.25) is 5.21 Å². The Balaban J connectivity index is 2.37. The van der Waals surface area contributed by atoms with Crippen molar-refractivity contribution in [3.63, 3.8) is 0 Å². The lowest BCUT2D eigenvalue weighted by atomic mass is 10.2. The second-order valence-corrected chi connectivity index (χ2v) is 3.09. The lowest BCUT2D eigenvalue weighted by molar-refractivity contribution is -0.136. The van der Waals surface area contributed by atoms with Gasteiger partial charge in [0.05, 0.1) is 0 Å². The maximum absolute atomic E-state index is 11.0. The van der Waals surface area contributed by atoms with E-state index >= 15 is 0 Å². The van der Waals surface area contributed by atoms with E-state index in [4.69, 9.17) is 5.21 Å². The fraction of sp³-hybridized carbons (Fsp3) is 0.200. The second kappa shape index (κ2) is 5.72. The van der Waals surface area contributed by atoms with Gasteiger partial charge in [0.1, 0.15) is 6.54 Å². The number of hydrogen-bond donors (Lipinski definition) is 3. The molecule has 1 amide bonds. The summed E-state index contributed by atoms with van der Waals surface area (Å²) >= 11 is 0. The van der Waals surface area contributed by atoms with Crippen molar-refractivity contribution in [2.24, 2.45) is 0 Å². The predicted octanol–water partition coefficient (Wildman–Crippen LogP) is 1.05. The number of amides is 1. The zero-order valence-electron chi connectivity index (χ0n) is 8.69. The molecule has 0 fully saturated rings. The van der Waals surface area contributed by atoms with E-state index in [-0.39, 0.29) is 6.54 Å². The summed E-state index contributed by atoms with van der Waals surface area (Å²) in [4.78, 5) is 21.4. The highest BCUT2D eigenvalue weighted by atomic mass is 16.6. The monoisotopic (exact) mass is 224 g/mol. The van der Waals surface area contributed by atoms with Crippen LogP contribution in [0.25, 0.3) is 0 Å². The van der Waals surface area contributed by atoms with Crippen LogP contribution in [-0.2, 0) is 9.53 Å². The molecule has 1 aromatic rings. The van der Waals surface area contributed by atoms with Gasteiger partial charge in [0.25, 0.3) is 0 Å². The van der Waals surface area contributed by atoms with Crippen molar-refractivity contribution in [2.45, 2.75) is 6.92 Å². The highest BCUT2D eigenvalue weighted by molar-refractivity contribution is 5.86. The fourth-order valence-corrected chi connectivity index (χ4v) is 1.01. The minimum Gasteiger partial charge on any atom is -0.375 e. The van der Waals surface area contributed by atoms with Crippen molar-refractivity contribution in [2.75, 3.05) is 11.9 Å². The van der Waals surface area contributed by atoms with E-state index in [2.05, 4.69) is 10.1 Å². The van der Waals surface area contributed by atoms with Crippen LogP contribution in [0.5, 0.6) is 0 Å². The lowest BCUT2D eigenvalue weighted by Gasteiger charge is -2.05. The van der Waals surface area contributed by atoms with Crippen LogP contribution in [-0.4, -0.2) is 23.8 Å². The predicted molar refractivity (Wildman–Crippen MR) is 56.1 cm³/mol. The average molecular weight is 224 g/mol. The van der Waals surface area contributed by atoms with E-state index in [1.54, 1.807) is 12.1 Å². The summed E-state index contributed by atoms with van der Waals surface area (Å²) in [6.07, 6.45) is -1.20. The van der Waals surface area contributed by atoms with Gasteiger partial charge in [-0.2, -0.15) is 0 Å². The first-order chi connectivity index (χ1) is 7.61. The minimum absolute atomic E-state index is 0.156. The SMILES string of the molecule is Cc1ccc(NCC(=O)OC(=O)NO)cc1. The van der Waals surface area contributed by atoms with Gasteiger partial charge in [0, 0.05) is 5.69 Å². The molecule has 0 saturated carbocycles. The zero-order valence-corrected chi connectivity index (χ0v) is 8.69. The molecule has 0 saturated heterocycles. The van der Waals surface area contributed by atoms with Gasteiger partial charge < -0.3 is 10.1 Å². The average Bonchev–Trinajstić information content (AvgIpc) is 2.28. The number of rotatable bonds is 3. The Bertz CT molecular complexity index is 375. The first kappa shape index (κ1) is 12.0. The van der Waals surface area contributed by atoms with Gasteiger partial charge in [-0.1, -0.05) is 17.7 Å². The van der Waals surface area contributed by atoms with E-state index < -0.39 is 12.1 Å². The molecule has 0 aliphatic carbocycles. The van der Waals surface area contributed by atoms with Gasteiger partial charge in [-0.05, 0) is 19.1 Å². The number of hydrogen-bond acceptors (Lipinski definition) is 5. The molecule has 1 rings (SSSR count). The number of hydroxylamine groups is 1. The Kier molecular flexibility index (Phi) is 4.28. The number of esters is 1. The Morgan fingerprint density at radius 2 is 1.94 bits per heavy atom. The molecule has 0 radical (unpaired) electrons. The van der Waals surface area contributed by atoms with Crippen molar-refractivity contribution in [3.05, 3.63) is 29.8 Å². The molecule has 3 N–H and O–H groups in total. The summed E-state index contributed by atoms with van der Waals surface area (Å²) in [5.41, 5.74) is 3.04. The second-order valence-electron chi connectivity index (χ2n) is 3.09. The van der Waals surface area contributed by atoms with Crippen LogP contribution in [0.2, 0.25) is 0 Å². The van der Waals surface area contributed by atoms with E-state index in [0.29, 0.717) is 0 Å². The van der Waals surface area contributed by atoms with Crippen LogP contribution >= 0.6 is 0 Å². The molecule has 1 aromatic carbocycles. The van der Waals surface area contributed by atoms with E-state index in [1.165, 1.54) is 5.48 Å². The molecule has 6 heteroatoms. The van der Waals surface area contributed by atoms with Crippen molar-refractivity contribution >= 4 is 17.7 Å². The summed E-state index contributed by atoms with van der Waals surface area (Å²) in [7, 11) is 0. The van der Waals surface area contributed by atoms with E-state index in [1.807, 2.05) is 19.1 Å². The number of anilines is 1. The summed E-state index contributed by atoms with van der Waals surface area (Å²) in [6, 6.07) is 7.37. The molecule has 0 bridgehead atoms. The van der Waals surface area contributed by atoms with E-state index in [0.717, 1.165) is 11.3 Å². The number of nitrogens with one attached hydrogen (secondary N) is 2. The van der Waals surface area contributed by atoms with Gasteiger partial charge in [0.2, 0.25) is 0 Å². The van der Waals surface area contributed by atoms with Gasteiger partial charge in [0.15, 0.2) is 0 Å². The highest BCUT2D eigenvalue weighted by Gasteiger charge is 2.08. The molecular weight excluding hydrogens is 212 g/mol. The zero-order chi connectivity index (χ0) is 12.0. The summed E-state index contributed by atoms with van der Waals surface area (Å²) < 4.78 is 4.14. The number of carbonyl (C=O) groups is 2. The number of ether oxygens (including phenoxy) is 1. The van der Waals surface area contributed by atoms with Crippen LogP contribution in [0.3, 0.4) is 0 Å². The highest BCUT2D eigenvalue weighted by Crippen LogP contribution is 2.07. The summed E-state index contributed by atoms with van der Waals surface area (Å²) in [6.45, 7) is 1.79. The number of aryl methyl sites for hydroxylation is 1. The molecule has 6 nitrogen and oxygen atoms in total. The number of carbonyl (C=O) groups excluding carboxylic acids is 2. The van der Waals surface area contributed by atoms with Gasteiger partial charge in [-0.15, -0.1) is 0 Å². The first-order valence-corrected chi connectivity index (χ1v) is 4.57. The van der Waals surface area contributed by atoms with Crippen molar-refractivity contribution in [3.8, 4) is 0 Å². The van der Waals surface area contributed by atoms with Gasteiger partial charge in [-0.25, -0.2) is 15.1 Å². The van der Waals surface area contributed by atoms with Crippen molar-refractivity contribution in [1.82, 2.24) is 5.48 Å². The maximum Gasteiger partial charge on any atom is 0.438 e. The maximum atomic E-state index is 11.0. The summed E-state index contributed by atoms with van der Waals surface area (Å²) in [5.74, 6) is -0.785. The third-order valence-electron chi connectivity index (χ3n) is 1.79. The molecule has 16 heavy (non-hydrogen) atoms. The molecule has 86 valence electrons. The third-order valence-corrected chi connectivity index (χ3v) is 1.79. The molecular formula is C10H12N2O4. The Labute approximate surface area is 92.2 Å². The Hall–Kier alpha value is -2.08. The molecule has 0 aliphatic rings. The normalized spacial score (nSPS) is 9.38. The molecule has 0 unspecified atom stereocenters. The standard InChI is InChI=1S/C10H12N2O4/c1-7-2-4-8(5-3-7)11-6-9(13)16-10(14)12-15/h2-5,11,15H,6H2,1H3,(H,12,14). The van der Waals surface area contributed by atoms with Crippen molar-refractivity contribution < 1.29 is 19.5 Å². The Morgan fingerprint density at radius 3 is 2.50 bits per heavy atom. The quantitative estimate of drug-likeness (QED) is 0.309. The lowest BCUT2D eigenvalue weighted by Crippen LogP contribution is -2.27. The van der Waals surface area contributed by atoms with Crippen LogP contribution in [0.4, 0.5) is 10.5 Å². The third kappa shape index (κ3) is 3.97. The number of benzene rings is 1. The molecule has 0 heterocycles. The molecule has 0 aromatic heterocycles. The smallest absolute Gasteiger partial charge is 0.375 e. The van der Waals surface area contributed by atoms with Crippen molar-refractivity contribution in [1.29, 1.82) is 0 Å². The van der Waals surface area contributed by atoms with Gasteiger partial charge >= 0.3 is 12.1 Å². The largest absolute Gasteiger partial charge is 0.438 e. The first-order valence-electron chi connectivity index (χ1n) is 4.57. The molecule has 0 spiro atoms. The Morgan fingerprint density at radius 1 is 1.31 bits per heavy atom. The van der Waals surface area contributed by atoms with Crippen LogP contribution in [0, 0.1) is 6.92 Å². The van der Waals surface area contributed by atoms with Crippen LogP contribution < -0.4 is 10.8 Å².